The van der Waals surface area contributed by atoms with E-state index in [0.29, 0.717) is 10.4 Å². The first kappa shape index (κ1) is 26.7. The second-order valence-corrected chi connectivity index (χ2v) is 9.42. The predicted molar refractivity (Wildman–Crippen MR) is 141 cm³/mol. The highest BCUT2D eigenvalue weighted by Gasteiger charge is 2.27. The van der Waals surface area contributed by atoms with Gasteiger partial charge < -0.3 is 14.8 Å². The third kappa shape index (κ3) is 5.21. The van der Waals surface area contributed by atoms with Crippen molar-refractivity contribution in [3.8, 4) is 0 Å². The highest BCUT2D eigenvalue weighted by molar-refractivity contribution is 7.20. The van der Waals surface area contributed by atoms with Crippen molar-refractivity contribution in [3.05, 3.63) is 74.8 Å². The normalized spacial score (nSPS) is 11.8. The van der Waals surface area contributed by atoms with Gasteiger partial charge in [0, 0.05) is 7.05 Å². The van der Waals surface area contributed by atoms with Gasteiger partial charge in [-0.2, -0.15) is 5.10 Å². The lowest BCUT2D eigenvalue weighted by molar-refractivity contribution is -0.119. The van der Waals surface area contributed by atoms with Crippen LogP contribution in [0.5, 0.6) is 0 Å². The lowest BCUT2D eigenvalue weighted by Crippen LogP contribution is -2.34. The number of esters is 2. The first-order valence-electron chi connectivity index (χ1n) is 12.0. The van der Waals surface area contributed by atoms with Crippen LogP contribution in [0.25, 0.3) is 10.2 Å². The van der Waals surface area contributed by atoms with Gasteiger partial charge in [-0.1, -0.05) is 37.3 Å². The van der Waals surface area contributed by atoms with Crippen LogP contribution in [0.4, 0.5) is 5.82 Å². The van der Waals surface area contributed by atoms with Crippen molar-refractivity contribution in [3.63, 3.8) is 0 Å². The number of amides is 1. The van der Waals surface area contributed by atoms with Gasteiger partial charge >= 0.3 is 11.9 Å². The predicted octanol–water partition coefficient (Wildman–Crippen LogP) is 3.62. The molecular formula is C26H27N5O6S. The second-order valence-electron chi connectivity index (χ2n) is 8.42. The SMILES string of the molecule is CCOC(=O)c1cnn(C)c1NC(=O)C(CC)n1cnc2sc(C(=O)OCc3ccccc3)c(C)c2c1=O. The molecule has 0 saturated carbocycles. The molecule has 0 saturated heterocycles. The van der Waals surface area contributed by atoms with E-state index in [0.717, 1.165) is 16.9 Å². The fourth-order valence-corrected chi connectivity index (χ4v) is 5.03. The number of benzene rings is 1. The summed E-state index contributed by atoms with van der Waals surface area (Å²) in [7, 11) is 1.58. The van der Waals surface area contributed by atoms with Crippen molar-refractivity contribution in [1.82, 2.24) is 19.3 Å². The average molecular weight is 538 g/mol. The van der Waals surface area contributed by atoms with Gasteiger partial charge in [0.1, 0.15) is 33.7 Å². The molecule has 0 aliphatic carbocycles. The number of aromatic nitrogens is 4. The van der Waals surface area contributed by atoms with Gasteiger partial charge in [0.2, 0.25) is 5.91 Å². The molecule has 1 atom stereocenters. The van der Waals surface area contributed by atoms with Crippen molar-refractivity contribution in [2.45, 2.75) is 39.8 Å². The van der Waals surface area contributed by atoms with Crippen molar-refractivity contribution < 1.29 is 23.9 Å². The number of nitrogens with zero attached hydrogens (tertiary/aromatic N) is 4. The molecular weight excluding hydrogens is 510 g/mol. The maximum atomic E-state index is 13.5. The van der Waals surface area contributed by atoms with Crippen LogP contribution in [0.1, 0.15) is 57.5 Å². The molecule has 11 nitrogen and oxygen atoms in total. The van der Waals surface area contributed by atoms with Gasteiger partial charge in [0.25, 0.3) is 5.56 Å². The molecule has 1 N–H and O–H groups in total. The number of carbonyl (C=O) groups is 3. The number of hydrogen-bond donors (Lipinski definition) is 1. The van der Waals surface area contributed by atoms with E-state index < -0.39 is 29.4 Å². The minimum absolute atomic E-state index is 0.102. The van der Waals surface area contributed by atoms with Gasteiger partial charge in [-0.15, -0.1) is 11.3 Å². The summed E-state index contributed by atoms with van der Waals surface area (Å²) in [5, 5.41) is 6.98. The lowest BCUT2D eigenvalue weighted by Gasteiger charge is -2.18. The zero-order chi connectivity index (χ0) is 27.4. The van der Waals surface area contributed by atoms with E-state index >= 15 is 0 Å². The van der Waals surface area contributed by atoms with Crippen LogP contribution in [0.2, 0.25) is 0 Å². The number of nitrogens with one attached hydrogen (secondary N) is 1. The largest absolute Gasteiger partial charge is 0.462 e. The molecule has 0 spiro atoms. The van der Waals surface area contributed by atoms with Crippen LogP contribution >= 0.6 is 11.3 Å². The zero-order valence-electron chi connectivity index (χ0n) is 21.4. The maximum Gasteiger partial charge on any atom is 0.349 e. The molecule has 1 unspecified atom stereocenters. The fraction of sp³-hybridized carbons (Fsp3) is 0.308. The summed E-state index contributed by atoms with van der Waals surface area (Å²) in [6, 6.07) is 8.35. The van der Waals surface area contributed by atoms with Gasteiger partial charge in [-0.25, -0.2) is 14.6 Å². The van der Waals surface area contributed by atoms with E-state index in [1.807, 2.05) is 30.3 Å². The zero-order valence-corrected chi connectivity index (χ0v) is 22.2. The number of fused-ring (bicyclic) bond motifs is 1. The molecule has 0 aliphatic heterocycles. The second kappa shape index (κ2) is 11.4. The number of thiophene rings is 1. The first-order chi connectivity index (χ1) is 18.3. The van der Waals surface area contributed by atoms with Crippen LogP contribution in [-0.2, 0) is 27.9 Å². The molecule has 4 aromatic rings. The third-order valence-corrected chi connectivity index (χ3v) is 7.15. The van der Waals surface area contributed by atoms with Crippen molar-refractivity contribution >= 4 is 45.2 Å². The molecule has 4 rings (SSSR count). The molecule has 0 fully saturated rings. The maximum absolute atomic E-state index is 13.5. The standard InChI is InChI=1S/C26H27N5O6S/c1-5-18(22(32)29-21-17(12-28-30(21)4)25(34)36-6-2)31-14-27-23-19(24(31)33)15(3)20(38-23)26(35)37-13-16-10-8-7-9-11-16/h7-12,14,18H,5-6,13H2,1-4H3,(H,29,32). The van der Waals surface area contributed by atoms with Crippen LogP contribution < -0.4 is 10.9 Å². The molecule has 1 amide bonds. The van der Waals surface area contributed by atoms with Crippen molar-refractivity contribution in [2.24, 2.45) is 7.05 Å². The van der Waals surface area contributed by atoms with E-state index in [2.05, 4.69) is 15.4 Å². The van der Waals surface area contributed by atoms with E-state index in [1.165, 1.54) is 21.8 Å². The topological polar surface area (TPSA) is 134 Å². The first-order valence-corrected chi connectivity index (χ1v) is 12.8. The summed E-state index contributed by atoms with van der Waals surface area (Å²) in [5.41, 5.74) is 0.937. The molecule has 1 aromatic carbocycles. The summed E-state index contributed by atoms with van der Waals surface area (Å²) in [6.07, 6.45) is 2.87. The number of rotatable bonds is 9. The Morgan fingerprint density at radius 2 is 1.84 bits per heavy atom. The molecule has 0 radical (unpaired) electrons. The number of anilines is 1. The summed E-state index contributed by atoms with van der Waals surface area (Å²) < 4.78 is 13.1. The highest BCUT2D eigenvalue weighted by Crippen LogP contribution is 2.28. The fourth-order valence-electron chi connectivity index (χ4n) is 3.99. The minimum atomic E-state index is -0.933. The monoisotopic (exact) mass is 537 g/mol. The number of carbonyl (C=O) groups excluding carboxylic acids is 3. The van der Waals surface area contributed by atoms with Crippen LogP contribution in [0.3, 0.4) is 0 Å². The Morgan fingerprint density at radius 3 is 2.53 bits per heavy atom. The van der Waals surface area contributed by atoms with Crippen molar-refractivity contribution in [2.75, 3.05) is 11.9 Å². The van der Waals surface area contributed by atoms with Crippen LogP contribution in [0.15, 0.2) is 47.7 Å². The highest BCUT2D eigenvalue weighted by atomic mass is 32.1. The smallest absolute Gasteiger partial charge is 0.349 e. The molecule has 12 heteroatoms. The molecule has 38 heavy (non-hydrogen) atoms. The van der Waals surface area contributed by atoms with E-state index in [9.17, 15) is 19.2 Å². The Kier molecular flexibility index (Phi) is 8.01. The van der Waals surface area contributed by atoms with Gasteiger partial charge in [0.05, 0.1) is 24.5 Å². The van der Waals surface area contributed by atoms with Gasteiger partial charge in [-0.05, 0) is 31.4 Å². The van der Waals surface area contributed by atoms with Crippen LogP contribution in [0, 0.1) is 6.92 Å². The summed E-state index contributed by atoms with van der Waals surface area (Å²) in [6.45, 7) is 5.36. The van der Waals surface area contributed by atoms with Gasteiger partial charge in [-0.3, -0.25) is 18.8 Å². The number of aryl methyl sites for hydroxylation is 2. The van der Waals surface area contributed by atoms with Crippen LogP contribution in [-0.4, -0.2) is 43.8 Å². The molecule has 3 aromatic heterocycles. The molecule has 0 aliphatic rings. The van der Waals surface area contributed by atoms with Crippen molar-refractivity contribution in [1.29, 1.82) is 0 Å². The number of ether oxygens (including phenoxy) is 2. The number of hydrogen-bond acceptors (Lipinski definition) is 9. The Labute approximate surface area is 222 Å². The van der Waals surface area contributed by atoms with E-state index in [4.69, 9.17) is 9.47 Å². The average Bonchev–Trinajstić information content (AvgIpc) is 3.45. The molecule has 198 valence electrons. The quantitative estimate of drug-likeness (QED) is 0.320. The third-order valence-electron chi connectivity index (χ3n) is 5.97. The Balaban J connectivity index is 1.61. The summed E-state index contributed by atoms with van der Waals surface area (Å²) in [4.78, 5) is 56.8. The Bertz CT molecular complexity index is 1560. The minimum Gasteiger partial charge on any atom is -0.462 e. The molecule has 3 heterocycles. The van der Waals surface area contributed by atoms with E-state index in [1.54, 1.807) is 27.8 Å². The Morgan fingerprint density at radius 1 is 1.11 bits per heavy atom. The summed E-state index contributed by atoms with van der Waals surface area (Å²) in [5.74, 6) is -1.54. The van der Waals surface area contributed by atoms with Gasteiger partial charge in [0.15, 0.2) is 0 Å². The molecule has 0 bridgehead atoms. The summed E-state index contributed by atoms with van der Waals surface area (Å²) >= 11 is 1.07. The Hall–Kier alpha value is -4.32. The van der Waals surface area contributed by atoms with E-state index in [-0.39, 0.29) is 41.3 Å². The lowest BCUT2D eigenvalue weighted by atomic mass is 10.1.